The lowest BCUT2D eigenvalue weighted by molar-refractivity contribution is 0.265. The quantitative estimate of drug-likeness (QED) is 0.786. The lowest BCUT2D eigenvalue weighted by Gasteiger charge is -2.30. The van der Waals surface area contributed by atoms with Gasteiger partial charge in [-0.15, -0.1) is 12.4 Å². The molecule has 0 bridgehead atoms. The van der Waals surface area contributed by atoms with Gasteiger partial charge >= 0.3 is 0 Å². The van der Waals surface area contributed by atoms with E-state index in [4.69, 9.17) is 5.73 Å². The van der Waals surface area contributed by atoms with Crippen molar-refractivity contribution in [2.24, 2.45) is 11.7 Å². The summed E-state index contributed by atoms with van der Waals surface area (Å²) in [6.45, 7) is 0. The predicted octanol–water partition coefficient (Wildman–Crippen LogP) is 2.97. The van der Waals surface area contributed by atoms with E-state index < -0.39 is 0 Å². The fourth-order valence-corrected chi connectivity index (χ4v) is 2.24. The Morgan fingerprint density at radius 3 is 2.67 bits per heavy atom. The smallest absolute Gasteiger partial charge is 0.0331 e. The summed E-state index contributed by atoms with van der Waals surface area (Å²) in [5.74, 6) is 0.768. The minimum Gasteiger partial charge on any atom is -0.324 e. The second-order valence-corrected chi connectivity index (χ2v) is 4.05. The molecule has 0 saturated heterocycles. The van der Waals surface area contributed by atoms with Gasteiger partial charge in [-0.25, -0.2) is 0 Å². The van der Waals surface area contributed by atoms with E-state index in [1.165, 1.54) is 24.8 Å². The molecule has 3 heteroatoms. The molecule has 1 aromatic heterocycles. The SMILES string of the molecule is Cl.NC(c1ccsc1)C1CCC1. The maximum Gasteiger partial charge on any atom is 0.0331 e. The van der Waals surface area contributed by atoms with Gasteiger partial charge in [0.25, 0.3) is 0 Å². The first-order valence-corrected chi connectivity index (χ1v) is 5.10. The van der Waals surface area contributed by atoms with Crippen LogP contribution in [-0.4, -0.2) is 0 Å². The molecule has 1 atom stereocenters. The molecular weight excluding hydrogens is 190 g/mol. The van der Waals surface area contributed by atoms with Crippen LogP contribution < -0.4 is 5.73 Å². The van der Waals surface area contributed by atoms with Gasteiger partial charge in [0.2, 0.25) is 0 Å². The fourth-order valence-electron chi connectivity index (χ4n) is 1.54. The van der Waals surface area contributed by atoms with Crippen LogP contribution in [0.25, 0.3) is 0 Å². The van der Waals surface area contributed by atoms with Crippen molar-refractivity contribution in [2.45, 2.75) is 25.3 Å². The maximum atomic E-state index is 6.05. The summed E-state index contributed by atoms with van der Waals surface area (Å²) in [6, 6.07) is 2.46. The molecule has 0 aromatic carbocycles. The highest BCUT2D eigenvalue weighted by Gasteiger charge is 2.25. The summed E-state index contributed by atoms with van der Waals surface area (Å²) >= 11 is 1.74. The second-order valence-electron chi connectivity index (χ2n) is 3.27. The molecule has 0 amide bonds. The molecular formula is C9H14ClNS. The molecule has 1 aliphatic carbocycles. The molecule has 0 spiro atoms. The average molecular weight is 204 g/mol. The Kier molecular flexibility index (Phi) is 3.56. The number of hydrogen-bond donors (Lipinski definition) is 1. The summed E-state index contributed by atoms with van der Waals surface area (Å²) in [7, 11) is 0. The first-order chi connectivity index (χ1) is 5.38. The molecule has 1 aromatic rings. The van der Waals surface area contributed by atoms with Gasteiger partial charge in [0.15, 0.2) is 0 Å². The van der Waals surface area contributed by atoms with Gasteiger partial charge in [-0.2, -0.15) is 11.3 Å². The molecule has 0 aliphatic heterocycles. The third-order valence-electron chi connectivity index (χ3n) is 2.59. The predicted molar refractivity (Wildman–Crippen MR) is 55.8 cm³/mol. The molecule has 1 aliphatic rings. The molecule has 0 radical (unpaired) electrons. The summed E-state index contributed by atoms with van der Waals surface area (Å²) in [6.07, 6.45) is 4.04. The molecule has 2 N–H and O–H groups in total. The van der Waals surface area contributed by atoms with Crippen LogP contribution in [0, 0.1) is 5.92 Å². The molecule has 1 nitrogen and oxygen atoms in total. The van der Waals surface area contributed by atoms with Crippen LogP contribution in [-0.2, 0) is 0 Å². The van der Waals surface area contributed by atoms with E-state index in [1.54, 1.807) is 11.3 Å². The molecule has 12 heavy (non-hydrogen) atoms. The number of halogens is 1. The highest BCUT2D eigenvalue weighted by molar-refractivity contribution is 7.07. The summed E-state index contributed by atoms with van der Waals surface area (Å²) in [5, 5.41) is 4.27. The number of nitrogens with two attached hydrogens (primary N) is 1. The maximum absolute atomic E-state index is 6.05. The number of hydrogen-bond acceptors (Lipinski definition) is 2. The molecule has 1 saturated carbocycles. The third kappa shape index (κ3) is 1.82. The molecule has 1 fully saturated rings. The summed E-state index contributed by atoms with van der Waals surface area (Å²) < 4.78 is 0. The van der Waals surface area contributed by atoms with E-state index in [9.17, 15) is 0 Å². The van der Waals surface area contributed by atoms with E-state index in [0.717, 1.165) is 5.92 Å². The van der Waals surface area contributed by atoms with Crippen molar-refractivity contribution in [3.63, 3.8) is 0 Å². The average Bonchev–Trinajstić information content (AvgIpc) is 2.32. The van der Waals surface area contributed by atoms with Crippen molar-refractivity contribution >= 4 is 23.7 Å². The normalized spacial score (nSPS) is 19.4. The van der Waals surface area contributed by atoms with Crippen LogP contribution in [0.3, 0.4) is 0 Å². The first kappa shape index (κ1) is 10.0. The third-order valence-corrected chi connectivity index (χ3v) is 3.29. The van der Waals surface area contributed by atoms with Crippen molar-refractivity contribution in [3.8, 4) is 0 Å². The monoisotopic (exact) mass is 203 g/mol. The summed E-state index contributed by atoms with van der Waals surface area (Å²) in [5.41, 5.74) is 7.38. The Morgan fingerprint density at radius 2 is 2.25 bits per heavy atom. The van der Waals surface area contributed by atoms with Gasteiger partial charge in [-0.05, 0) is 41.1 Å². The lowest BCUT2D eigenvalue weighted by Crippen LogP contribution is -2.26. The van der Waals surface area contributed by atoms with Crippen molar-refractivity contribution in [1.29, 1.82) is 0 Å². The lowest BCUT2D eigenvalue weighted by atomic mass is 9.78. The van der Waals surface area contributed by atoms with E-state index >= 15 is 0 Å². The zero-order valence-electron chi connectivity index (χ0n) is 6.90. The van der Waals surface area contributed by atoms with Crippen molar-refractivity contribution < 1.29 is 0 Å². The zero-order chi connectivity index (χ0) is 7.68. The van der Waals surface area contributed by atoms with Gasteiger partial charge in [0.1, 0.15) is 0 Å². The largest absolute Gasteiger partial charge is 0.324 e. The highest BCUT2D eigenvalue weighted by atomic mass is 35.5. The topological polar surface area (TPSA) is 26.0 Å². The van der Waals surface area contributed by atoms with Crippen molar-refractivity contribution in [3.05, 3.63) is 22.4 Å². The van der Waals surface area contributed by atoms with Gasteiger partial charge in [0.05, 0.1) is 0 Å². The van der Waals surface area contributed by atoms with Crippen molar-refractivity contribution in [2.75, 3.05) is 0 Å². The van der Waals surface area contributed by atoms with Gasteiger partial charge < -0.3 is 5.73 Å². The highest BCUT2D eigenvalue weighted by Crippen LogP contribution is 2.36. The zero-order valence-corrected chi connectivity index (χ0v) is 8.53. The van der Waals surface area contributed by atoms with Crippen LogP contribution in [0.15, 0.2) is 16.8 Å². The Balaban J connectivity index is 0.000000720. The Morgan fingerprint density at radius 1 is 1.50 bits per heavy atom. The Hall–Kier alpha value is -0.0500. The standard InChI is InChI=1S/C9H13NS.ClH/c10-9(7-2-1-3-7)8-4-5-11-6-8;/h4-7,9H,1-3,10H2;1H. The van der Waals surface area contributed by atoms with Gasteiger partial charge in [-0.3, -0.25) is 0 Å². The molecule has 1 heterocycles. The fraction of sp³-hybridized carbons (Fsp3) is 0.556. The minimum absolute atomic E-state index is 0. The summed E-state index contributed by atoms with van der Waals surface area (Å²) in [4.78, 5) is 0. The minimum atomic E-state index is 0. The van der Waals surface area contributed by atoms with E-state index in [2.05, 4.69) is 16.8 Å². The van der Waals surface area contributed by atoms with Crippen LogP contribution in [0.4, 0.5) is 0 Å². The van der Waals surface area contributed by atoms with E-state index in [-0.39, 0.29) is 12.4 Å². The second kappa shape index (κ2) is 4.26. The van der Waals surface area contributed by atoms with E-state index in [1.807, 2.05) is 0 Å². The number of thiophene rings is 1. The Labute approximate surface area is 83.4 Å². The van der Waals surface area contributed by atoms with E-state index in [0.29, 0.717) is 6.04 Å². The molecule has 2 rings (SSSR count). The number of rotatable bonds is 2. The van der Waals surface area contributed by atoms with Gasteiger partial charge in [-0.1, -0.05) is 6.42 Å². The van der Waals surface area contributed by atoms with Crippen LogP contribution in [0.5, 0.6) is 0 Å². The molecule has 1 unspecified atom stereocenters. The first-order valence-electron chi connectivity index (χ1n) is 4.15. The van der Waals surface area contributed by atoms with Crippen LogP contribution in [0.1, 0.15) is 30.9 Å². The van der Waals surface area contributed by atoms with Crippen LogP contribution >= 0.6 is 23.7 Å². The van der Waals surface area contributed by atoms with Gasteiger partial charge in [0, 0.05) is 6.04 Å². The van der Waals surface area contributed by atoms with Crippen molar-refractivity contribution in [1.82, 2.24) is 0 Å². The Bertz CT molecular complexity index is 218. The molecule has 68 valence electrons. The van der Waals surface area contributed by atoms with Crippen LogP contribution in [0.2, 0.25) is 0 Å².